The van der Waals surface area contributed by atoms with Gasteiger partial charge in [0.25, 0.3) is 5.91 Å². The molecule has 1 saturated heterocycles. The Morgan fingerprint density at radius 3 is 2.91 bits per heavy atom. The lowest BCUT2D eigenvalue weighted by Crippen LogP contribution is -2.31. The fraction of sp³-hybridized carbons (Fsp3) is 0.400. The van der Waals surface area contributed by atoms with E-state index in [0.29, 0.717) is 18.8 Å². The molecule has 1 fully saturated rings. The van der Waals surface area contributed by atoms with Crippen LogP contribution in [0.4, 0.5) is 0 Å². The number of hydrogen-bond donors (Lipinski definition) is 1. The summed E-state index contributed by atoms with van der Waals surface area (Å²) in [7, 11) is 0. The molecule has 0 spiro atoms. The quantitative estimate of drug-likeness (QED) is 0.886. The normalized spacial score (nSPS) is 17.7. The van der Waals surface area contributed by atoms with Gasteiger partial charge in [0.1, 0.15) is 11.5 Å². The van der Waals surface area contributed by atoms with E-state index in [1.807, 2.05) is 13.0 Å². The first-order valence-corrected chi connectivity index (χ1v) is 7.20. The molecule has 1 aliphatic rings. The minimum absolute atomic E-state index is 0.131. The predicted octanol–water partition coefficient (Wildman–Crippen LogP) is 0.806. The van der Waals surface area contributed by atoms with Crippen LogP contribution in [-0.2, 0) is 0 Å². The molecule has 1 amide bonds. The number of rotatable bonds is 2. The monoisotopic (exact) mass is 299 g/mol. The number of nitrogens with zero attached hydrogens (tertiary/aromatic N) is 4. The van der Waals surface area contributed by atoms with Gasteiger partial charge in [-0.1, -0.05) is 0 Å². The number of hydrogen-bond acceptors (Lipinski definition) is 5. The van der Waals surface area contributed by atoms with Crippen molar-refractivity contribution in [2.75, 3.05) is 13.1 Å². The maximum absolute atomic E-state index is 12.5. The van der Waals surface area contributed by atoms with Crippen LogP contribution in [0.2, 0.25) is 0 Å². The fourth-order valence-corrected chi connectivity index (χ4v) is 2.67. The Morgan fingerprint density at radius 1 is 1.36 bits per heavy atom. The zero-order valence-corrected chi connectivity index (χ0v) is 12.5. The first-order chi connectivity index (χ1) is 10.5. The molecule has 0 aromatic carbocycles. The molecule has 2 aromatic heterocycles. The van der Waals surface area contributed by atoms with Crippen LogP contribution in [-0.4, -0.2) is 43.8 Å². The molecule has 0 unspecified atom stereocenters. The van der Waals surface area contributed by atoms with Gasteiger partial charge in [0.05, 0.1) is 0 Å². The molecule has 0 saturated carbocycles. The lowest BCUT2D eigenvalue weighted by atomic mass is 10.1. The number of aryl methyl sites for hydroxylation is 2. The number of carbonyl (C=O) groups is 1. The van der Waals surface area contributed by atoms with Crippen LogP contribution < -0.4 is 5.69 Å². The number of aromatic nitrogens is 4. The lowest BCUT2D eigenvalue weighted by molar-refractivity contribution is 0.0784. The number of aromatic amines is 1. The van der Waals surface area contributed by atoms with Gasteiger partial charge in [-0.15, -0.1) is 0 Å². The molecule has 114 valence electrons. The van der Waals surface area contributed by atoms with Crippen molar-refractivity contribution < 1.29 is 4.79 Å². The second-order valence-electron chi connectivity index (χ2n) is 5.55. The van der Waals surface area contributed by atoms with Crippen LogP contribution >= 0.6 is 0 Å². The van der Waals surface area contributed by atoms with Crippen LogP contribution in [0.1, 0.15) is 40.0 Å². The molecule has 1 N–H and O–H groups in total. The number of likely N-dealkylation sites (tertiary alicyclic amines) is 1. The summed E-state index contributed by atoms with van der Waals surface area (Å²) in [6.45, 7) is 4.82. The van der Waals surface area contributed by atoms with Crippen LogP contribution in [0.3, 0.4) is 0 Å². The zero-order chi connectivity index (χ0) is 15.7. The third-order valence-electron chi connectivity index (χ3n) is 3.75. The van der Waals surface area contributed by atoms with E-state index in [-0.39, 0.29) is 17.5 Å². The smallest absolute Gasteiger partial charge is 0.337 e. The van der Waals surface area contributed by atoms with Crippen LogP contribution in [0.5, 0.6) is 0 Å². The summed E-state index contributed by atoms with van der Waals surface area (Å²) < 4.78 is 0. The highest BCUT2D eigenvalue weighted by Gasteiger charge is 2.30. The van der Waals surface area contributed by atoms with Crippen molar-refractivity contribution in [3.8, 4) is 0 Å². The Labute approximate surface area is 127 Å². The average molecular weight is 299 g/mol. The van der Waals surface area contributed by atoms with Gasteiger partial charge in [0.2, 0.25) is 0 Å². The third kappa shape index (κ3) is 2.88. The summed E-state index contributed by atoms with van der Waals surface area (Å²) in [5, 5.41) is 0. The molecule has 0 aliphatic carbocycles. The van der Waals surface area contributed by atoms with Gasteiger partial charge < -0.3 is 9.88 Å². The first-order valence-electron chi connectivity index (χ1n) is 7.20. The molecular formula is C15H17N5O2. The summed E-state index contributed by atoms with van der Waals surface area (Å²) in [6.07, 6.45) is 2.56. The average Bonchev–Trinajstić information content (AvgIpc) is 2.95. The zero-order valence-electron chi connectivity index (χ0n) is 12.5. The summed E-state index contributed by atoms with van der Waals surface area (Å²) in [4.78, 5) is 40.6. The van der Waals surface area contributed by atoms with E-state index in [0.717, 1.165) is 17.9 Å². The Hall–Kier alpha value is -2.57. The standard InChI is InChI=1S/C15H17N5O2/c1-9-3-5-16-13(17-9)11-4-6-20(8-11)14(21)12-7-10(2)18-15(22)19-12/h3,5,7,11H,4,6,8H2,1-2H3,(H,18,19,22)/t11-/m1/s1. The van der Waals surface area contributed by atoms with Gasteiger partial charge in [0, 0.05) is 36.6 Å². The van der Waals surface area contributed by atoms with Crippen molar-refractivity contribution in [2.24, 2.45) is 0 Å². The maximum Gasteiger partial charge on any atom is 0.345 e. The van der Waals surface area contributed by atoms with Gasteiger partial charge in [-0.3, -0.25) is 4.79 Å². The van der Waals surface area contributed by atoms with E-state index in [9.17, 15) is 9.59 Å². The highest BCUT2D eigenvalue weighted by molar-refractivity contribution is 5.92. The second kappa shape index (κ2) is 5.67. The van der Waals surface area contributed by atoms with Gasteiger partial charge in [0.15, 0.2) is 0 Å². The van der Waals surface area contributed by atoms with Crippen molar-refractivity contribution in [1.82, 2.24) is 24.8 Å². The van der Waals surface area contributed by atoms with E-state index in [1.54, 1.807) is 24.1 Å². The second-order valence-corrected chi connectivity index (χ2v) is 5.55. The van der Waals surface area contributed by atoms with Gasteiger partial charge in [-0.2, -0.15) is 4.98 Å². The molecule has 0 bridgehead atoms. The van der Waals surface area contributed by atoms with Crippen molar-refractivity contribution in [2.45, 2.75) is 26.2 Å². The summed E-state index contributed by atoms with van der Waals surface area (Å²) in [5.41, 5.74) is 1.23. The predicted molar refractivity (Wildman–Crippen MR) is 79.6 cm³/mol. The molecule has 7 nitrogen and oxygen atoms in total. The number of amides is 1. The van der Waals surface area contributed by atoms with Gasteiger partial charge in [-0.05, 0) is 32.4 Å². The third-order valence-corrected chi connectivity index (χ3v) is 3.75. The molecule has 3 rings (SSSR count). The molecule has 2 aromatic rings. The maximum atomic E-state index is 12.5. The Morgan fingerprint density at radius 2 is 2.18 bits per heavy atom. The van der Waals surface area contributed by atoms with E-state index in [4.69, 9.17) is 0 Å². The highest BCUT2D eigenvalue weighted by Crippen LogP contribution is 2.25. The van der Waals surface area contributed by atoms with Crippen molar-refractivity contribution in [1.29, 1.82) is 0 Å². The lowest BCUT2D eigenvalue weighted by Gasteiger charge is -2.15. The van der Waals surface area contributed by atoms with Crippen molar-refractivity contribution >= 4 is 5.91 Å². The SMILES string of the molecule is Cc1ccnc([C@@H]2CCN(C(=O)c3cc(C)[nH]c(=O)n3)C2)n1. The van der Waals surface area contributed by atoms with E-state index in [2.05, 4.69) is 19.9 Å². The van der Waals surface area contributed by atoms with E-state index in [1.165, 1.54) is 0 Å². The topological polar surface area (TPSA) is 91.8 Å². The Kier molecular flexibility index (Phi) is 3.70. The molecule has 1 atom stereocenters. The fourth-order valence-electron chi connectivity index (χ4n) is 2.67. The Bertz CT molecular complexity index is 771. The molecular weight excluding hydrogens is 282 g/mol. The number of nitrogens with one attached hydrogen (secondary N) is 1. The molecule has 0 radical (unpaired) electrons. The Balaban J connectivity index is 1.77. The molecule has 1 aliphatic heterocycles. The highest BCUT2D eigenvalue weighted by atomic mass is 16.2. The minimum atomic E-state index is -0.499. The van der Waals surface area contributed by atoms with Crippen molar-refractivity contribution in [3.05, 3.63) is 51.7 Å². The van der Waals surface area contributed by atoms with Crippen molar-refractivity contribution in [3.63, 3.8) is 0 Å². The summed E-state index contributed by atoms with van der Waals surface area (Å²) in [5.74, 6) is 0.682. The summed E-state index contributed by atoms with van der Waals surface area (Å²) >= 11 is 0. The van der Waals surface area contributed by atoms with E-state index >= 15 is 0 Å². The van der Waals surface area contributed by atoms with Crippen LogP contribution in [0, 0.1) is 13.8 Å². The minimum Gasteiger partial charge on any atom is -0.337 e. The van der Waals surface area contributed by atoms with Crippen LogP contribution in [0.15, 0.2) is 23.1 Å². The first kappa shape index (κ1) is 14.4. The largest absolute Gasteiger partial charge is 0.345 e. The van der Waals surface area contributed by atoms with Gasteiger partial charge >= 0.3 is 5.69 Å². The van der Waals surface area contributed by atoms with E-state index < -0.39 is 5.69 Å². The number of carbonyl (C=O) groups excluding carboxylic acids is 1. The number of H-pyrrole nitrogens is 1. The molecule has 22 heavy (non-hydrogen) atoms. The van der Waals surface area contributed by atoms with Crippen LogP contribution in [0.25, 0.3) is 0 Å². The van der Waals surface area contributed by atoms with Gasteiger partial charge in [-0.25, -0.2) is 14.8 Å². The molecule has 7 heteroatoms. The summed E-state index contributed by atoms with van der Waals surface area (Å²) in [6, 6.07) is 3.45. The molecule has 3 heterocycles.